The first-order valence-electron chi connectivity index (χ1n) is 5.31. The van der Waals surface area contributed by atoms with E-state index in [-0.39, 0.29) is 12.2 Å². The third-order valence-electron chi connectivity index (χ3n) is 2.54. The molecule has 5 heteroatoms. The molecule has 0 atom stereocenters. The Morgan fingerprint density at radius 2 is 2.29 bits per heavy atom. The van der Waals surface area contributed by atoms with E-state index in [0.29, 0.717) is 11.4 Å². The van der Waals surface area contributed by atoms with E-state index in [1.54, 1.807) is 23.0 Å². The summed E-state index contributed by atoms with van der Waals surface area (Å²) in [7, 11) is 1.82. The van der Waals surface area contributed by atoms with Gasteiger partial charge in [0.05, 0.1) is 17.8 Å². The van der Waals surface area contributed by atoms with Crippen LogP contribution in [0.15, 0.2) is 24.4 Å². The van der Waals surface area contributed by atoms with E-state index in [1.807, 2.05) is 20.0 Å². The highest BCUT2D eigenvalue weighted by Gasteiger charge is 2.14. The summed E-state index contributed by atoms with van der Waals surface area (Å²) in [6, 6.07) is 5.27. The van der Waals surface area contributed by atoms with E-state index >= 15 is 0 Å². The second kappa shape index (κ2) is 4.37. The molecular formula is C12H14N4O. The average Bonchev–Trinajstić information content (AvgIpc) is 2.58. The molecule has 0 saturated carbocycles. The Balaban J connectivity index is 2.23. The number of nitrogens with zero attached hydrogens (tertiary/aromatic N) is 3. The largest absolute Gasteiger partial charge is 0.397 e. The van der Waals surface area contributed by atoms with Gasteiger partial charge < -0.3 is 5.73 Å². The van der Waals surface area contributed by atoms with Crippen molar-refractivity contribution in [1.29, 1.82) is 0 Å². The first-order valence-corrected chi connectivity index (χ1v) is 5.31. The van der Waals surface area contributed by atoms with Gasteiger partial charge in [0.25, 0.3) is 0 Å². The Kier molecular flexibility index (Phi) is 2.91. The number of carbonyl (C=O) groups is 1. The zero-order valence-electron chi connectivity index (χ0n) is 9.84. The summed E-state index contributed by atoms with van der Waals surface area (Å²) in [5.41, 5.74) is 8.20. The molecule has 0 spiro atoms. The van der Waals surface area contributed by atoms with Crippen LogP contribution in [0.25, 0.3) is 0 Å². The number of ketones is 1. The molecule has 0 unspecified atom stereocenters. The molecule has 2 rings (SSSR count). The molecule has 0 aliphatic heterocycles. The van der Waals surface area contributed by atoms with E-state index in [9.17, 15) is 4.79 Å². The van der Waals surface area contributed by atoms with Crippen molar-refractivity contribution in [2.45, 2.75) is 13.3 Å². The Hall–Kier alpha value is -2.17. The summed E-state index contributed by atoms with van der Waals surface area (Å²) >= 11 is 0. The number of hydrogen-bond acceptors (Lipinski definition) is 4. The van der Waals surface area contributed by atoms with Crippen molar-refractivity contribution in [3.8, 4) is 0 Å². The van der Waals surface area contributed by atoms with Gasteiger partial charge in [-0.05, 0) is 25.1 Å². The number of aromatic nitrogens is 3. The van der Waals surface area contributed by atoms with E-state index in [2.05, 4.69) is 10.1 Å². The van der Waals surface area contributed by atoms with E-state index in [1.165, 1.54) is 0 Å². The van der Waals surface area contributed by atoms with Gasteiger partial charge in [0.15, 0.2) is 5.78 Å². The van der Waals surface area contributed by atoms with E-state index in [0.717, 1.165) is 11.4 Å². The van der Waals surface area contributed by atoms with Crippen LogP contribution in [0.1, 0.15) is 21.9 Å². The van der Waals surface area contributed by atoms with Crippen molar-refractivity contribution in [3.05, 3.63) is 41.5 Å². The smallest absolute Gasteiger partial charge is 0.189 e. The van der Waals surface area contributed by atoms with Crippen molar-refractivity contribution in [3.63, 3.8) is 0 Å². The summed E-state index contributed by atoms with van der Waals surface area (Å²) < 4.78 is 1.70. The zero-order chi connectivity index (χ0) is 12.4. The van der Waals surface area contributed by atoms with E-state index in [4.69, 9.17) is 5.73 Å². The fourth-order valence-corrected chi connectivity index (χ4v) is 1.73. The van der Waals surface area contributed by atoms with Crippen molar-refractivity contribution in [2.75, 3.05) is 5.73 Å². The second-order valence-electron chi connectivity index (χ2n) is 3.94. The maximum absolute atomic E-state index is 12.0. The maximum atomic E-state index is 12.0. The van der Waals surface area contributed by atoms with Crippen LogP contribution in [0.4, 0.5) is 5.69 Å². The number of aryl methyl sites for hydroxylation is 2. The first kappa shape index (κ1) is 11.3. The standard InChI is InChI=1S/C12H14N4O/c1-8-6-9(16(2)15-8)7-11(17)12-10(13)4-3-5-14-12/h3-6H,7,13H2,1-2H3. The van der Waals surface area contributed by atoms with Crippen LogP contribution in [0.5, 0.6) is 0 Å². The van der Waals surface area contributed by atoms with Gasteiger partial charge in [-0.3, -0.25) is 14.5 Å². The average molecular weight is 230 g/mol. The van der Waals surface area contributed by atoms with Crippen molar-refractivity contribution < 1.29 is 4.79 Å². The molecule has 17 heavy (non-hydrogen) atoms. The first-order chi connectivity index (χ1) is 8.08. The Bertz CT molecular complexity index is 559. The normalized spacial score (nSPS) is 10.5. The van der Waals surface area contributed by atoms with Crippen LogP contribution >= 0.6 is 0 Å². The Morgan fingerprint density at radius 1 is 1.53 bits per heavy atom. The molecule has 2 heterocycles. The fourth-order valence-electron chi connectivity index (χ4n) is 1.73. The van der Waals surface area contributed by atoms with Gasteiger partial charge in [0.1, 0.15) is 5.69 Å². The quantitative estimate of drug-likeness (QED) is 0.802. The number of carbonyl (C=O) groups excluding carboxylic acids is 1. The van der Waals surface area contributed by atoms with Crippen LogP contribution < -0.4 is 5.73 Å². The monoisotopic (exact) mass is 230 g/mol. The molecule has 0 aromatic carbocycles. The molecule has 2 N–H and O–H groups in total. The Morgan fingerprint density at radius 3 is 2.88 bits per heavy atom. The molecule has 0 amide bonds. The number of hydrogen-bond donors (Lipinski definition) is 1. The molecule has 0 bridgehead atoms. The van der Waals surface area contributed by atoms with Gasteiger partial charge in [-0.1, -0.05) is 0 Å². The van der Waals surface area contributed by atoms with Gasteiger partial charge in [-0.25, -0.2) is 0 Å². The van der Waals surface area contributed by atoms with Crippen molar-refractivity contribution in [2.24, 2.45) is 7.05 Å². The fraction of sp³-hybridized carbons (Fsp3) is 0.250. The lowest BCUT2D eigenvalue weighted by Gasteiger charge is -2.03. The van der Waals surface area contributed by atoms with Crippen LogP contribution in [-0.2, 0) is 13.5 Å². The van der Waals surface area contributed by atoms with Gasteiger partial charge in [0.2, 0.25) is 0 Å². The lowest BCUT2D eigenvalue weighted by atomic mass is 10.1. The molecule has 0 aliphatic carbocycles. The minimum Gasteiger partial charge on any atom is -0.397 e. The lowest BCUT2D eigenvalue weighted by Crippen LogP contribution is -2.11. The summed E-state index contributed by atoms with van der Waals surface area (Å²) in [6.45, 7) is 1.89. The molecule has 2 aromatic rings. The van der Waals surface area contributed by atoms with Gasteiger partial charge >= 0.3 is 0 Å². The summed E-state index contributed by atoms with van der Waals surface area (Å²) in [6.07, 6.45) is 1.83. The molecule has 0 aliphatic rings. The predicted molar refractivity (Wildman–Crippen MR) is 64.6 cm³/mol. The number of Topliss-reactive ketones (excluding diaryl/α,β-unsaturated/α-hetero) is 1. The molecule has 5 nitrogen and oxygen atoms in total. The highest BCUT2D eigenvalue weighted by atomic mass is 16.1. The zero-order valence-corrected chi connectivity index (χ0v) is 9.84. The van der Waals surface area contributed by atoms with Gasteiger partial charge in [-0.2, -0.15) is 5.10 Å². The highest BCUT2D eigenvalue weighted by Crippen LogP contribution is 2.12. The second-order valence-corrected chi connectivity index (χ2v) is 3.94. The highest BCUT2D eigenvalue weighted by molar-refractivity contribution is 5.99. The van der Waals surface area contributed by atoms with Crippen molar-refractivity contribution in [1.82, 2.24) is 14.8 Å². The minimum atomic E-state index is -0.0916. The molecule has 88 valence electrons. The van der Waals surface area contributed by atoms with E-state index < -0.39 is 0 Å². The Labute approximate surface area is 99.3 Å². The van der Waals surface area contributed by atoms with Crippen molar-refractivity contribution >= 4 is 11.5 Å². The van der Waals surface area contributed by atoms with Crippen LogP contribution in [0, 0.1) is 6.92 Å². The molecule has 0 fully saturated rings. The van der Waals surface area contributed by atoms with Gasteiger partial charge in [0, 0.05) is 18.9 Å². The molecule has 0 saturated heterocycles. The number of nitrogen functional groups attached to an aromatic ring is 1. The van der Waals surface area contributed by atoms with Crippen LogP contribution in [0.2, 0.25) is 0 Å². The topological polar surface area (TPSA) is 73.8 Å². The number of rotatable bonds is 3. The number of pyridine rings is 1. The molecule has 0 radical (unpaired) electrons. The van der Waals surface area contributed by atoms with Crippen LogP contribution in [-0.4, -0.2) is 20.5 Å². The third-order valence-corrected chi connectivity index (χ3v) is 2.54. The summed E-state index contributed by atoms with van der Waals surface area (Å²) in [5, 5.41) is 4.19. The van der Waals surface area contributed by atoms with Crippen LogP contribution in [0.3, 0.4) is 0 Å². The molecular weight excluding hydrogens is 216 g/mol. The third kappa shape index (κ3) is 2.33. The summed E-state index contributed by atoms with van der Waals surface area (Å²) in [5.74, 6) is -0.0916. The number of nitrogens with two attached hydrogens (primary N) is 1. The molecule has 2 aromatic heterocycles. The maximum Gasteiger partial charge on any atom is 0.189 e. The number of anilines is 1. The minimum absolute atomic E-state index is 0.0916. The summed E-state index contributed by atoms with van der Waals surface area (Å²) in [4.78, 5) is 16.0. The lowest BCUT2D eigenvalue weighted by molar-refractivity contribution is 0.0987. The van der Waals surface area contributed by atoms with Gasteiger partial charge in [-0.15, -0.1) is 0 Å². The SMILES string of the molecule is Cc1cc(CC(=O)c2ncccc2N)n(C)n1. The predicted octanol–water partition coefficient (Wildman–Crippen LogP) is 1.13.